The van der Waals surface area contributed by atoms with E-state index in [0.717, 1.165) is 25.1 Å². The lowest BCUT2D eigenvalue weighted by Gasteiger charge is -2.10. The lowest BCUT2D eigenvalue weighted by atomic mass is 10.2. The van der Waals surface area contributed by atoms with E-state index in [-0.39, 0.29) is 11.9 Å². The second-order valence-corrected chi connectivity index (χ2v) is 4.23. The van der Waals surface area contributed by atoms with Gasteiger partial charge >= 0.3 is 0 Å². The number of carbonyl (C=O) groups excluding carboxylic acids is 1. The molecule has 0 saturated heterocycles. The number of aryl methyl sites for hydroxylation is 2. The van der Waals surface area contributed by atoms with E-state index >= 15 is 0 Å². The first kappa shape index (κ1) is 13.7. The Bertz CT molecular complexity index is 349. The number of rotatable bonds is 7. The van der Waals surface area contributed by atoms with Gasteiger partial charge in [0.05, 0.1) is 0 Å². The second kappa shape index (κ2) is 7.04. The van der Waals surface area contributed by atoms with Crippen molar-refractivity contribution in [2.75, 3.05) is 0 Å². The number of nitrogens with zero attached hydrogens (tertiary/aromatic N) is 2. The van der Waals surface area contributed by atoms with Crippen molar-refractivity contribution in [3.8, 4) is 0 Å². The Morgan fingerprint density at radius 2 is 2.18 bits per heavy atom. The number of hydrogen-bond donors (Lipinski definition) is 1. The summed E-state index contributed by atoms with van der Waals surface area (Å²) in [5.41, 5.74) is 0. The lowest BCUT2D eigenvalue weighted by molar-refractivity contribution is -0.121. The molecule has 0 aliphatic heterocycles. The molecule has 5 nitrogen and oxygen atoms in total. The third-order valence-electron chi connectivity index (χ3n) is 2.57. The smallest absolute Gasteiger partial charge is 0.227 e. The van der Waals surface area contributed by atoms with E-state index < -0.39 is 0 Å². The lowest BCUT2D eigenvalue weighted by Crippen LogP contribution is -2.32. The van der Waals surface area contributed by atoms with E-state index in [1.54, 1.807) is 0 Å². The molecule has 1 heterocycles. The number of amides is 1. The van der Waals surface area contributed by atoms with Crippen molar-refractivity contribution in [3.63, 3.8) is 0 Å². The molecule has 1 amide bonds. The first-order chi connectivity index (χ1) is 8.15. The summed E-state index contributed by atoms with van der Waals surface area (Å²) in [6, 6.07) is 0.223. The zero-order valence-corrected chi connectivity index (χ0v) is 10.8. The largest absolute Gasteiger partial charge is 0.354 e. The van der Waals surface area contributed by atoms with E-state index in [0.29, 0.717) is 18.7 Å². The minimum absolute atomic E-state index is 0.0367. The van der Waals surface area contributed by atoms with Crippen LogP contribution in [0.4, 0.5) is 0 Å². The number of nitrogens with one attached hydrogen (secondary N) is 1. The van der Waals surface area contributed by atoms with Crippen LogP contribution in [0.1, 0.15) is 51.7 Å². The van der Waals surface area contributed by atoms with Gasteiger partial charge in [-0.25, -0.2) is 0 Å². The Morgan fingerprint density at radius 1 is 1.41 bits per heavy atom. The van der Waals surface area contributed by atoms with Crippen LogP contribution in [0.5, 0.6) is 0 Å². The molecule has 0 fully saturated rings. The molecule has 0 saturated carbocycles. The van der Waals surface area contributed by atoms with Gasteiger partial charge in [0.15, 0.2) is 5.82 Å². The normalized spacial score (nSPS) is 12.4. The summed E-state index contributed by atoms with van der Waals surface area (Å²) < 4.78 is 5.06. The topological polar surface area (TPSA) is 68.0 Å². The first-order valence-corrected chi connectivity index (χ1v) is 6.26. The van der Waals surface area contributed by atoms with Crippen molar-refractivity contribution in [3.05, 3.63) is 11.7 Å². The van der Waals surface area contributed by atoms with Crippen LogP contribution in [0.15, 0.2) is 4.52 Å². The average molecular weight is 239 g/mol. The van der Waals surface area contributed by atoms with Crippen LogP contribution in [-0.2, 0) is 17.6 Å². The fourth-order valence-electron chi connectivity index (χ4n) is 1.39. The highest BCUT2D eigenvalue weighted by Crippen LogP contribution is 2.03. The van der Waals surface area contributed by atoms with Crippen molar-refractivity contribution in [1.82, 2.24) is 15.5 Å². The number of hydrogen-bond acceptors (Lipinski definition) is 4. The second-order valence-electron chi connectivity index (χ2n) is 4.23. The summed E-state index contributed by atoms with van der Waals surface area (Å²) >= 11 is 0. The van der Waals surface area contributed by atoms with Crippen molar-refractivity contribution < 1.29 is 9.32 Å². The van der Waals surface area contributed by atoms with Gasteiger partial charge < -0.3 is 9.84 Å². The molecule has 1 aromatic rings. The van der Waals surface area contributed by atoms with Crippen LogP contribution in [0.3, 0.4) is 0 Å². The summed E-state index contributed by atoms with van der Waals surface area (Å²) in [5, 5.41) is 6.75. The molecule has 1 unspecified atom stereocenters. The zero-order valence-electron chi connectivity index (χ0n) is 10.8. The van der Waals surface area contributed by atoms with E-state index in [1.165, 1.54) is 0 Å². The maximum atomic E-state index is 11.5. The molecular weight excluding hydrogens is 218 g/mol. The van der Waals surface area contributed by atoms with E-state index in [4.69, 9.17) is 4.52 Å². The molecule has 1 rings (SSSR count). The molecular formula is C12H21N3O2. The van der Waals surface area contributed by atoms with Crippen LogP contribution in [-0.4, -0.2) is 22.1 Å². The van der Waals surface area contributed by atoms with Crippen molar-refractivity contribution >= 4 is 5.91 Å². The summed E-state index contributed by atoms with van der Waals surface area (Å²) in [7, 11) is 0. The summed E-state index contributed by atoms with van der Waals surface area (Å²) in [6.07, 6.45) is 3.67. The summed E-state index contributed by atoms with van der Waals surface area (Å²) in [4.78, 5) is 15.7. The molecule has 5 heteroatoms. The van der Waals surface area contributed by atoms with Gasteiger partial charge in [0.1, 0.15) is 0 Å². The van der Waals surface area contributed by atoms with E-state index in [9.17, 15) is 4.79 Å². The van der Waals surface area contributed by atoms with Gasteiger partial charge in [-0.3, -0.25) is 4.79 Å². The predicted octanol–water partition coefficient (Wildman–Crippen LogP) is 1.87. The number of aromatic nitrogens is 2. The highest BCUT2D eigenvalue weighted by atomic mass is 16.5. The SMILES string of the molecule is CCCc1noc(CCC(=O)NC(C)CC)n1. The molecule has 1 aromatic heterocycles. The Morgan fingerprint density at radius 3 is 2.82 bits per heavy atom. The number of carbonyl (C=O) groups is 1. The van der Waals surface area contributed by atoms with Crippen LogP contribution < -0.4 is 5.32 Å². The van der Waals surface area contributed by atoms with E-state index in [2.05, 4.69) is 22.4 Å². The average Bonchev–Trinajstić information content (AvgIpc) is 2.74. The van der Waals surface area contributed by atoms with Crippen molar-refractivity contribution in [1.29, 1.82) is 0 Å². The maximum Gasteiger partial charge on any atom is 0.227 e. The molecule has 0 bridgehead atoms. The Kier molecular flexibility index (Phi) is 5.66. The first-order valence-electron chi connectivity index (χ1n) is 6.26. The summed E-state index contributed by atoms with van der Waals surface area (Å²) in [6.45, 7) is 6.10. The minimum Gasteiger partial charge on any atom is -0.354 e. The van der Waals surface area contributed by atoms with Gasteiger partial charge in [-0.05, 0) is 19.8 Å². The highest BCUT2D eigenvalue weighted by Gasteiger charge is 2.09. The molecule has 0 aromatic carbocycles. The van der Waals surface area contributed by atoms with Crippen LogP contribution in [0.2, 0.25) is 0 Å². The summed E-state index contributed by atoms with van der Waals surface area (Å²) in [5.74, 6) is 1.31. The highest BCUT2D eigenvalue weighted by molar-refractivity contribution is 5.76. The van der Waals surface area contributed by atoms with Gasteiger partial charge in [0, 0.05) is 25.3 Å². The Labute approximate surface area is 102 Å². The molecule has 0 spiro atoms. The van der Waals surface area contributed by atoms with Gasteiger partial charge in [-0.1, -0.05) is 19.0 Å². The molecule has 17 heavy (non-hydrogen) atoms. The fourth-order valence-corrected chi connectivity index (χ4v) is 1.39. The van der Waals surface area contributed by atoms with Crippen LogP contribution in [0.25, 0.3) is 0 Å². The minimum atomic E-state index is 0.0367. The Hall–Kier alpha value is -1.39. The molecule has 0 radical (unpaired) electrons. The molecule has 0 aliphatic carbocycles. The van der Waals surface area contributed by atoms with Crippen molar-refractivity contribution in [2.45, 2.75) is 58.9 Å². The zero-order chi connectivity index (χ0) is 12.7. The fraction of sp³-hybridized carbons (Fsp3) is 0.750. The third kappa shape index (κ3) is 4.97. The molecule has 1 N–H and O–H groups in total. The van der Waals surface area contributed by atoms with Crippen LogP contribution >= 0.6 is 0 Å². The molecule has 96 valence electrons. The molecule has 0 aliphatic rings. The predicted molar refractivity (Wildman–Crippen MR) is 64.5 cm³/mol. The quantitative estimate of drug-likeness (QED) is 0.788. The third-order valence-corrected chi connectivity index (χ3v) is 2.57. The Balaban J connectivity index is 2.31. The van der Waals surface area contributed by atoms with Gasteiger partial charge in [-0.2, -0.15) is 4.98 Å². The standard InChI is InChI=1S/C12H21N3O2/c1-4-6-10-14-12(17-15-10)8-7-11(16)13-9(3)5-2/h9H,4-8H2,1-3H3,(H,13,16). The van der Waals surface area contributed by atoms with Gasteiger partial charge in [-0.15, -0.1) is 0 Å². The molecule has 1 atom stereocenters. The monoisotopic (exact) mass is 239 g/mol. The van der Waals surface area contributed by atoms with Gasteiger partial charge in [0.2, 0.25) is 11.8 Å². The van der Waals surface area contributed by atoms with Crippen molar-refractivity contribution in [2.24, 2.45) is 0 Å². The van der Waals surface area contributed by atoms with E-state index in [1.807, 2.05) is 13.8 Å². The van der Waals surface area contributed by atoms with Crippen LogP contribution in [0, 0.1) is 0 Å². The van der Waals surface area contributed by atoms with Gasteiger partial charge in [0.25, 0.3) is 0 Å². The maximum absolute atomic E-state index is 11.5.